The lowest BCUT2D eigenvalue weighted by molar-refractivity contribution is -0.131. The summed E-state index contributed by atoms with van der Waals surface area (Å²) in [5, 5.41) is 4.81. The van der Waals surface area contributed by atoms with E-state index in [4.69, 9.17) is 5.73 Å². The van der Waals surface area contributed by atoms with Crippen molar-refractivity contribution in [3.63, 3.8) is 0 Å². The Balaban J connectivity index is 1.67. The summed E-state index contributed by atoms with van der Waals surface area (Å²) < 4.78 is 2.55. The number of carbonyl (C=O) groups excluding carboxylic acids is 1. The zero-order valence-electron chi connectivity index (χ0n) is 11.4. The minimum Gasteiger partial charge on any atom is -0.367 e. The highest BCUT2D eigenvalue weighted by atomic mass is 32.1. The number of aromatic nitrogens is 4. The third-order valence-electron chi connectivity index (χ3n) is 2.99. The molecule has 0 fully saturated rings. The molecule has 0 radical (unpaired) electrons. The maximum Gasteiger partial charge on any atom is 0.244 e. The Kier molecular flexibility index (Phi) is 3.53. The van der Waals surface area contributed by atoms with Crippen molar-refractivity contribution in [3.8, 4) is 0 Å². The Morgan fingerprint density at radius 2 is 2.24 bits per heavy atom. The van der Waals surface area contributed by atoms with Gasteiger partial charge in [-0.25, -0.2) is 14.6 Å². The molecule has 2 aromatic heterocycles. The number of fused-ring (bicyclic) bond motifs is 1. The molecular weight excluding hydrogens is 288 g/mol. The van der Waals surface area contributed by atoms with Gasteiger partial charge in [0.25, 0.3) is 0 Å². The van der Waals surface area contributed by atoms with Gasteiger partial charge < -0.3 is 10.6 Å². The lowest BCUT2D eigenvalue weighted by Gasteiger charge is -2.15. The van der Waals surface area contributed by atoms with Crippen LogP contribution in [0.15, 0.2) is 30.6 Å². The first-order chi connectivity index (χ1) is 10.1. The number of thiazole rings is 1. The van der Waals surface area contributed by atoms with Crippen LogP contribution in [0, 0.1) is 0 Å². The van der Waals surface area contributed by atoms with E-state index in [0.717, 1.165) is 15.2 Å². The molecule has 0 saturated carbocycles. The number of amides is 1. The molecule has 8 heteroatoms. The van der Waals surface area contributed by atoms with E-state index in [1.54, 1.807) is 23.3 Å². The van der Waals surface area contributed by atoms with Crippen LogP contribution in [0.25, 0.3) is 10.2 Å². The molecule has 0 spiro atoms. The fourth-order valence-corrected chi connectivity index (χ4v) is 2.94. The summed E-state index contributed by atoms with van der Waals surface area (Å²) in [4.78, 5) is 22.0. The number of rotatable bonds is 4. The molecule has 0 atom stereocenters. The van der Waals surface area contributed by atoms with Gasteiger partial charge in [-0.3, -0.25) is 4.79 Å². The highest BCUT2D eigenvalue weighted by Gasteiger charge is 2.13. The molecule has 0 bridgehead atoms. The molecule has 0 aliphatic carbocycles. The summed E-state index contributed by atoms with van der Waals surface area (Å²) in [6.07, 6.45) is 1.44. The molecule has 2 N–H and O–H groups in total. The van der Waals surface area contributed by atoms with E-state index in [1.807, 2.05) is 24.3 Å². The lowest BCUT2D eigenvalue weighted by atomic mass is 10.3. The molecule has 108 valence electrons. The van der Waals surface area contributed by atoms with Crippen LogP contribution in [0.3, 0.4) is 0 Å². The normalized spacial score (nSPS) is 10.9. The van der Waals surface area contributed by atoms with Gasteiger partial charge in [0.05, 0.1) is 16.8 Å². The summed E-state index contributed by atoms with van der Waals surface area (Å²) in [7, 11) is 1.74. The van der Waals surface area contributed by atoms with Crippen molar-refractivity contribution in [2.24, 2.45) is 0 Å². The van der Waals surface area contributed by atoms with Crippen molar-refractivity contribution in [1.29, 1.82) is 0 Å². The Bertz CT molecular complexity index is 747. The molecule has 3 aromatic rings. The number of benzene rings is 1. The van der Waals surface area contributed by atoms with Crippen LogP contribution in [-0.4, -0.2) is 37.6 Å². The van der Waals surface area contributed by atoms with Gasteiger partial charge in [0.15, 0.2) is 0 Å². The summed E-state index contributed by atoms with van der Waals surface area (Å²) in [6, 6.07) is 7.93. The molecule has 0 unspecified atom stereocenters. The second kappa shape index (κ2) is 5.49. The molecule has 0 aliphatic heterocycles. The SMILES string of the molecule is CN(Cc1nc2ccccc2s1)C(=O)Cn1cnc(N)n1. The largest absolute Gasteiger partial charge is 0.367 e. The average molecular weight is 302 g/mol. The minimum atomic E-state index is -0.0702. The van der Waals surface area contributed by atoms with E-state index in [-0.39, 0.29) is 18.4 Å². The van der Waals surface area contributed by atoms with E-state index in [0.29, 0.717) is 6.54 Å². The zero-order valence-corrected chi connectivity index (χ0v) is 12.2. The van der Waals surface area contributed by atoms with Gasteiger partial charge in [-0.1, -0.05) is 12.1 Å². The lowest BCUT2D eigenvalue weighted by Crippen LogP contribution is -2.29. The maximum absolute atomic E-state index is 12.1. The standard InChI is InChI=1S/C13H14N6OS/c1-18(12(20)7-19-8-15-13(14)17-19)6-11-16-9-4-2-3-5-10(9)21-11/h2-5,8H,6-7H2,1H3,(H2,14,17). The van der Waals surface area contributed by atoms with Gasteiger partial charge in [-0.15, -0.1) is 16.4 Å². The fraction of sp³-hybridized carbons (Fsp3) is 0.231. The molecule has 7 nitrogen and oxygen atoms in total. The van der Waals surface area contributed by atoms with Gasteiger partial charge >= 0.3 is 0 Å². The maximum atomic E-state index is 12.1. The number of anilines is 1. The summed E-state index contributed by atoms with van der Waals surface area (Å²) >= 11 is 1.59. The highest BCUT2D eigenvalue weighted by molar-refractivity contribution is 7.18. The van der Waals surface area contributed by atoms with E-state index in [1.165, 1.54) is 11.0 Å². The first kappa shape index (κ1) is 13.5. The first-order valence-electron chi connectivity index (χ1n) is 6.35. The van der Waals surface area contributed by atoms with Crippen LogP contribution in [0.2, 0.25) is 0 Å². The van der Waals surface area contributed by atoms with Gasteiger partial charge in [-0.05, 0) is 12.1 Å². The number of nitrogen functional groups attached to an aromatic ring is 1. The van der Waals surface area contributed by atoms with E-state index in [2.05, 4.69) is 15.1 Å². The quantitative estimate of drug-likeness (QED) is 0.780. The van der Waals surface area contributed by atoms with Crippen molar-refractivity contribution < 1.29 is 4.79 Å². The number of nitrogens with zero attached hydrogens (tertiary/aromatic N) is 5. The van der Waals surface area contributed by atoms with Crippen molar-refractivity contribution in [2.45, 2.75) is 13.1 Å². The van der Waals surface area contributed by atoms with Crippen molar-refractivity contribution in [3.05, 3.63) is 35.6 Å². The zero-order chi connectivity index (χ0) is 14.8. The predicted octanol–water partition coefficient (Wildman–Crippen LogP) is 1.13. The Labute approximate surface area is 125 Å². The summed E-state index contributed by atoms with van der Waals surface area (Å²) in [5.74, 6) is 0.0933. The van der Waals surface area contributed by atoms with Gasteiger partial charge in [0, 0.05) is 7.05 Å². The molecule has 1 amide bonds. The topological polar surface area (TPSA) is 89.9 Å². The third kappa shape index (κ3) is 3.00. The summed E-state index contributed by atoms with van der Waals surface area (Å²) in [6.45, 7) is 0.591. The average Bonchev–Trinajstić information content (AvgIpc) is 3.04. The van der Waals surface area contributed by atoms with Crippen molar-refractivity contribution in [2.75, 3.05) is 12.8 Å². The van der Waals surface area contributed by atoms with E-state index < -0.39 is 0 Å². The number of hydrogen-bond acceptors (Lipinski definition) is 6. The number of nitrogens with two attached hydrogens (primary N) is 1. The fourth-order valence-electron chi connectivity index (χ4n) is 1.92. The highest BCUT2D eigenvalue weighted by Crippen LogP contribution is 2.22. The molecule has 2 heterocycles. The van der Waals surface area contributed by atoms with Crippen LogP contribution in [0.5, 0.6) is 0 Å². The predicted molar refractivity (Wildman–Crippen MR) is 80.5 cm³/mol. The van der Waals surface area contributed by atoms with Crippen LogP contribution >= 0.6 is 11.3 Å². The molecule has 21 heavy (non-hydrogen) atoms. The van der Waals surface area contributed by atoms with Crippen LogP contribution in [0.4, 0.5) is 5.95 Å². The van der Waals surface area contributed by atoms with Crippen molar-refractivity contribution in [1.82, 2.24) is 24.6 Å². The Morgan fingerprint density at radius 3 is 2.95 bits per heavy atom. The smallest absolute Gasteiger partial charge is 0.244 e. The van der Waals surface area contributed by atoms with Crippen LogP contribution in [-0.2, 0) is 17.9 Å². The van der Waals surface area contributed by atoms with Crippen LogP contribution in [0.1, 0.15) is 5.01 Å². The molecule has 0 aliphatic rings. The number of carbonyl (C=O) groups is 1. The minimum absolute atomic E-state index is 0.0702. The first-order valence-corrected chi connectivity index (χ1v) is 7.17. The Hall–Kier alpha value is -2.48. The molecule has 1 aromatic carbocycles. The third-order valence-corrected chi connectivity index (χ3v) is 4.01. The van der Waals surface area contributed by atoms with Crippen LogP contribution < -0.4 is 5.73 Å². The van der Waals surface area contributed by atoms with Gasteiger partial charge in [0.2, 0.25) is 11.9 Å². The van der Waals surface area contributed by atoms with Crippen molar-refractivity contribution >= 4 is 33.4 Å². The monoisotopic (exact) mass is 302 g/mol. The molecule has 0 saturated heterocycles. The Morgan fingerprint density at radius 1 is 1.43 bits per heavy atom. The summed E-state index contributed by atoms with van der Waals surface area (Å²) in [5.41, 5.74) is 6.38. The van der Waals surface area contributed by atoms with Gasteiger partial charge in [0.1, 0.15) is 17.9 Å². The second-order valence-corrected chi connectivity index (χ2v) is 5.74. The number of hydrogen-bond donors (Lipinski definition) is 1. The molecule has 3 rings (SSSR count). The number of likely N-dealkylation sites (N-methyl/N-ethyl adjacent to an activating group) is 1. The molecular formula is C13H14N6OS. The van der Waals surface area contributed by atoms with Gasteiger partial charge in [-0.2, -0.15) is 0 Å². The van der Waals surface area contributed by atoms with E-state index in [9.17, 15) is 4.79 Å². The van der Waals surface area contributed by atoms with E-state index >= 15 is 0 Å². The second-order valence-electron chi connectivity index (χ2n) is 4.63. The number of para-hydroxylation sites is 1.